The Morgan fingerprint density at radius 3 is 2.52 bits per heavy atom. The normalized spacial score (nSPS) is 28.1. The van der Waals surface area contributed by atoms with Crippen LogP contribution in [0.25, 0.3) is 0 Å². The summed E-state index contributed by atoms with van der Waals surface area (Å²) in [5.41, 5.74) is 1.98. The van der Waals surface area contributed by atoms with E-state index in [1.165, 1.54) is 0 Å². The number of aliphatic hydroxyl groups excluding tert-OH is 1. The molecule has 2 fully saturated rings. The number of anilines is 1. The van der Waals surface area contributed by atoms with Gasteiger partial charge in [-0.3, -0.25) is 19.8 Å². The van der Waals surface area contributed by atoms with Gasteiger partial charge in [0.15, 0.2) is 0 Å². The summed E-state index contributed by atoms with van der Waals surface area (Å²) >= 11 is 0. The Kier molecular flexibility index (Phi) is 5.39. The molecule has 2 saturated heterocycles. The largest absolute Gasteiger partial charge is 0.391 e. The van der Waals surface area contributed by atoms with E-state index in [1.807, 2.05) is 24.3 Å². The Labute approximate surface area is 148 Å². The molecule has 3 atom stereocenters. The lowest BCUT2D eigenvalue weighted by atomic mass is 9.86. The summed E-state index contributed by atoms with van der Waals surface area (Å²) in [6.45, 7) is 6.01. The Hall–Kier alpha value is -1.92. The van der Waals surface area contributed by atoms with Crippen LogP contribution in [0.2, 0.25) is 0 Å². The number of aliphatic hydroxyl groups is 1. The maximum atomic E-state index is 11.8. The number of nitrogens with zero attached hydrogens (tertiary/aromatic N) is 1. The molecule has 1 aromatic rings. The molecule has 3 unspecified atom stereocenters. The van der Waals surface area contributed by atoms with Crippen molar-refractivity contribution in [1.82, 2.24) is 10.2 Å². The molecule has 0 bridgehead atoms. The fourth-order valence-corrected chi connectivity index (χ4v) is 3.67. The lowest BCUT2D eigenvalue weighted by Gasteiger charge is -2.38. The highest BCUT2D eigenvalue weighted by Crippen LogP contribution is 2.30. The fraction of sp³-hybridized carbons (Fsp3) is 0.579. The molecule has 3 N–H and O–H groups in total. The van der Waals surface area contributed by atoms with Crippen molar-refractivity contribution in [1.29, 1.82) is 0 Å². The molecule has 0 radical (unpaired) electrons. The molecule has 25 heavy (non-hydrogen) atoms. The van der Waals surface area contributed by atoms with E-state index in [2.05, 4.69) is 29.4 Å². The van der Waals surface area contributed by atoms with Crippen molar-refractivity contribution in [3.63, 3.8) is 0 Å². The van der Waals surface area contributed by atoms with Gasteiger partial charge in [-0.2, -0.15) is 0 Å². The molecule has 3 rings (SSSR count). The first-order valence-electron chi connectivity index (χ1n) is 9.06. The van der Waals surface area contributed by atoms with Crippen LogP contribution in [-0.2, 0) is 9.59 Å². The van der Waals surface area contributed by atoms with Gasteiger partial charge in [0.05, 0.1) is 6.10 Å². The number of imide groups is 1. The van der Waals surface area contributed by atoms with Crippen molar-refractivity contribution in [3.8, 4) is 0 Å². The number of carbonyl (C=O) groups is 2. The van der Waals surface area contributed by atoms with E-state index in [1.54, 1.807) is 0 Å². The minimum atomic E-state index is -0.372. The molecule has 2 heterocycles. The Balaban J connectivity index is 1.61. The Bertz CT molecular complexity index is 629. The summed E-state index contributed by atoms with van der Waals surface area (Å²) in [5, 5.41) is 16.0. The zero-order valence-electron chi connectivity index (χ0n) is 14.9. The van der Waals surface area contributed by atoms with Crippen LogP contribution >= 0.6 is 0 Å². The average Bonchev–Trinajstić information content (AvgIpc) is 2.58. The highest BCUT2D eigenvalue weighted by molar-refractivity contribution is 6.01. The lowest BCUT2D eigenvalue weighted by Crippen LogP contribution is -2.47. The number of carbonyl (C=O) groups excluding carboxylic acids is 2. The van der Waals surface area contributed by atoms with E-state index >= 15 is 0 Å². The number of piperidine rings is 2. The minimum absolute atomic E-state index is 0.152. The SMILES string of the molecule is CC(C)N1CCC(c2ccc(NC3CCC(=O)NC3=O)cc2)C(O)C1. The molecule has 6 heteroatoms. The first kappa shape index (κ1) is 17.9. The van der Waals surface area contributed by atoms with Gasteiger partial charge >= 0.3 is 0 Å². The third-order valence-corrected chi connectivity index (χ3v) is 5.26. The summed E-state index contributed by atoms with van der Waals surface area (Å²) < 4.78 is 0. The molecule has 6 nitrogen and oxygen atoms in total. The number of benzene rings is 1. The van der Waals surface area contributed by atoms with Gasteiger partial charge in [0, 0.05) is 30.6 Å². The van der Waals surface area contributed by atoms with Gasteiger partial charge in [-0.1, -0.05) is 12.1 Å². The minimum Gasteiger partial charge on any atom is -0.391 e. The molecule has 0 spiro atoms. The van der Waals surface area contributed by atoms with Crippen LogP contribution in [0.15, 0.2) is 24.3 Å². The predicted molar refractivity (Wildman–Crippen MR) is 96.3 cm³/mol. The van der Waals surface area contributed by atoms with Crippen molar-refractivity contribution in [3.05, 3.63) is 29.8 Å². The molecule has 136 valence electrons. The molecule has 0 saturated carbocycles. The van der Waals surface area contributed by atoms with Crippen LogP contribution in [0.4, 0.5) is 5.69 Å². The third-order valence-electron chi connectivity index (χ3n) is 5.26. The van der Waals surface area contributed by atoms with E-state index in [0.717, 1.165) is 24.2 Å². The van der Waals surface area contributed by atoms with Crippen LogP contribution < -0.4 is 10.6 Å². The highest BCUT2D eigenvalue weighted by Gasteiger charge is 2.30. The molecule has 0 aromatic heterocycles. The van der Waals surface area contributed by atoms with Gasteiger partial charge in [-0.05, 0) is 50.9 Å². The van der Waals surface area contributed by atoms with E-state index < -0.39 is 0 Å². The number of likely N-dealkylation sites (tertiary alicyclic amines) is 1. The van der Waals surface area contributed by atoms with Crippen molar-refractivity contribution in [2.24, 2.45) is 0 Å². The number of β-amino-alcohol motifs (C(OH)–C–C–N with tert-alkyl or cyclic N) is 1. The average molecular weight is 345 g/mol. The third kappa shape index (κ3) is 4.19. The zero-order valence-corrected chi connectivity index (χ0v) is 14.9. The second kappa shape index (κ2) is 7.54. The number of amides is 2. The lowest BCUT2D eigenvalue weighted by molar-refractivity contribution is -0.133. The zero-order chi connectivity index (χ0) is 18.0. The van der Waals surface area contributed by atoms with Crippen molar-refractivity contribution >= 4 is 17.5 Å². The van der Waals surface area contributed by atoms with Gasteiger partial charge in [0.1, 0.15) is 6.04 Å². The molecular weight excluding hydrogens is 318 g/mol. The molecule has 0 aliphatic carbocycles. The van der Waals surface area contributed by atoms with Crippen molar-refractivity contribution in [2.45, 2.75) is 57.2 Å². The standard InChI is InChI=1S/C19H27N3O3/c1-12(2)22-10-9-15(17(23)11-22)13-3-5-14(6-4-13)20-16-7-8-18(24)21-19(16)25/h3-6,12,15-17,20,23H,7-11H2,1-2H3,(H,21,24,25). The second-order valence-electron chi connectivity index (χ2n) is 7.32. The maximum absolute atomic E-state index is 11.8. The number of hydrogen-bond donors (Lipinski definition) is 3. The first-order valence-corrected chi connectivity index (χ1v) is 9.06. The smallest absolute Gasteiger partial charge is 0.249 e. The monoisotopic (exact) mass is 345 g/mol. The van der Waals surface area contributed by atoms with Gasteiger partial charge < -0.3 is 10.4 Å². The van der Waals surface area contributed by atoms with Gasteiger partial charge in [-0.25, -0.2) is 0 Å². The second-order valence-corrected chi connectivity index (χ2v) is 7.32. The summed E-state index contributed by atoms with van der Waals surface area (Å²) in [6, 6.07) is 8.01. The van der Waals surface area contributed by atoms with E-state index in [0.29, 0.717) is 25.4 Å². The quantitative estimate of drug-likeness (QED) is 0.720. The molecule has 2 aliphatic heterocycles. The predicted octanol–water partition coefficient (Wildman–Crippen LogP) is 1.46. The van der Waals surface area contributed by atoms with Gasteiger partial charge in [-0.15, -0.1) is 0 Å². The molecule has 2 amide bonds. The fourth-order valence-electron chi connectivity index (χ4n) is 3.67. The number of hydrogen-bond acceptors (Lipinski definition) is 5. The van der Waals surface area contributed by atoms with Crippen LogP contribution in [-0.4, -0.2) is 53.1 Å². The van der Waals surface area contributed by atoms with Crippen LogP contribution in [0.5, 0.6) is 0 Å². The topological polar surface area (TPSA) is 81.7 Å². The molecular formula is C19H27N3O3. The Morgan fingerprint density at radius 2 is 1.92 bits per heavy atom. The highest BCUT2D eigenvalue weighted by atomic mass is 16.3. The summed E-state index contributed by atoms with van der Waals surface area (Å²) in [6.07, 6.45) is 1.46. The molecule has 1 aromatic carbocycles. The van der Waals surface area contributed by atoms with Crippen molar-refractivity contribution in [2.75, 3.05) is 18.4 Å². The summed E-state index contributed by atoms with van der Waals surface area (Å²) in [5.74, 6) is -0.323. The van der Waals surface area contributed by atoms with Gasteiger partial charge in [0.25, 0.3) is 0 Å². The van der Waals surface area contributed by atoms with Crippen LogP contribution in [0.1, 0.15) is 44.6 Å². The van der Waals surface area contributed by atoms with Gasteiger partial charge in [0.2, 0.25) is 11.8 Å². The first-order chi connectivity index (χ1) is 11.9. The maximum Gasteiger partial charge on any atom is 0.249 e. The van der Waals surface area contributed by atoms with Crippen LogP contribution in [0, 0.1) is 0 Å². The Morgan fingerprint density at radius 1 is 1.20 bits per heavy atom. The van der Waals surface area contributed by atoms with Crippen LogP contribution in [0.3, 0.4) is 0 Å². The molecule has 2 aliphatic rings. The van der Waals surface area contributed by atoms with Crippen molar-refractivity contribution < 1.29 is 14.7 Å². The van der Waals surface area contributed by atoms with E-state index in [4.69, 9.17) is 0 Å². The van der Waals surface area contributed by atoms with E-state index in [-0.39, 0.29) is 29.9 Å². The summed E-state index contributed by atoms with van der Waals surface area (Å²) in [4.78, 5) is 25.3. The van der Waals surface area contributed by atoms with E-state index in [9.17, 15) is 14.7 Å². The summed E-state index contributed by atoms with van der Waals surface area (Å²) in [7, 11) is 0. The number of rotatable bonds is 4. The number of nitrogens with one attached hydrogen (secondary N) is 2.